The van der Waals surface area contributed by atoms with E-state index < -0.39 is 0 Å². The van der Waals surface area contributed by atoms with Gasteiger partial charge in [0, 0.05) is 34.3 Å². The largest absolute Gasteiger partial charge is 0.315 e. The van der Waals surface area contributed by atoms with Gasteiger partial charge >= 0.3 is 0 Å². The van der Waals surface area contributed by atoms with E-state index in [9.17, 15) is 10.1 Å². The molecule has 0 N–H and O–H groups in total. The molecule has 4 aromatic carbocycles. The molecule has 0 amide bonds. The molecule has 5 aromatic rings. The number of fused-ring (bicyclic) bond motifs is 1. The lowest BCUT2D eigenvalue weighted by molar-refractivity contribution is -0.384. The number of hydrogen-bond donors (Lipinski definition) is 0. The zero-order valence-electron chi connectivity index (χ0n) is 17.2. The molecule has 0 unspecified atom stereocenters. The van der Waals surface area contributed by atoms with Gasteiger partial charge in [0.15, 0.2) is 0 Å². The van der Waals surface area contributed by atoms with Crippen LogP contribution in [0.2, 0.25) is 0 Å². The fourth-order valence-corrected chi connectivity index (χ4v) is 5.21. The van der Waals surface area contributed by atoms with E-state index in [0.717, 1.165) is 21.5 Å². The molecule has 5 rings (SSSR count). The van der Waals surface area contributed by atoms with Crippen molar-refractivity contribution in [3.8, 4) is 5.69 Å². The number of para-hydroxylation sites is 1. The summed E-state index contributed by atoms with van der Waals surface area (Å²) in [4.78, 5) is 11.8. The van der Waals surface area contributed by atoms with Gasteiger partial charge in [-0.1, -0.05) is 78.9 Å². The quantitative estimate of drug-likeness (QED) is 0.158. The highest BCUT2D eigenvalue weighted by molar-refractivity contribution is 8.00. The second-order valence-electron chi connectivity index (χ2n) is 7.47. The van der Waals surface area contributed by atoms with Crippen LogP contribution in [0.1, 0.15) is 16.4 Å². The predicted molar refractivity (Wildman–Crippen MR) is 131 cm³/mol. The van der Waals surface area contributed by atoms with Crippen molar-refractivity contribution in [1.82, 2.24) is 4.57 Å². The molecule has 0 bridgehead atoms. The van der Waals surface area contributed by atoms with Crippen LogP contribution in [-0.4, -0.2) is 9.49 Å². The Kier molecular flexibility index (Phi) is 5.48. The van der Waals surface area contributed by atoms with Crippen LogP contribution in [0.25, 0.3) is 16.6 Å². The third kappa shape index (κ3) is 3.90. The van der Waals surface area contributed by atoms with Crippen LogP contribution in [0.15, 0.2) is 120 Å². The fourth-order valence-electron chi connectivity index (χ4n) is 3.90. The van der Waals surface area contributed by atoms with E-state index in [4.69, 9.17) is 0 Å². The van der Waals surface area contributed by atoms with Crippen molar-refractivity contribution in [2.45, 2.75) is 10.1 Å². The normalized spacial score (nSPS) is 11.2. The maximum absolute atomic E-state index is 11.1. The van der Waals surface area contributed by atoms with Gasteiger partial charge in [-0.2, -0.15) is 0 Å². The lowest BCUT2D eigenvalue weighted by Crippen LogP contribution is -1.96. The number of thioether (sulfide) groups is 1. The van der Waals surface area contributed by atoms with Crippen LogP contribution < -0.4 is 0 Å². The lowest BCUT2D eigenvalue weighted by Gasteiger charge is -2.17. The number of hydrogen-bond acceptors (Lipinski definition) is 3. The van der Waals surface area contributed by atoms with Gasteiger partial charge in [0.2, 0.25) is 0 Å². The van der Waals surface area contributed by atoms with Gasteiger partial charge in [-0.05, 0) is 29.3 Å². The van der Waals surface area contributed by atoms with Crippen LogP contribution in [0.5, 0.6) is 0 Å². The van der Waals surface area contributed by atoms with E-state index in [1.807, 2.05) is 36.0 Å². The van der Waals surface area contributed by atoms with Crippen LogP contribution in [-0.2, 0) is 0 Å². The lowest BCUT2D eigenvalue weighted by atomic mass is 10.0. The van der Waals surface area contributed by atoms with Crippen molar-refractivity contribution in [3.63, 3.8) is 0 Å². The molecule has 0 atom stereocenters. The van der Waals surface area contributed by atoms with Gasteiger partial charge in [0.05, 0.1) is 15.7 Å². The Morgan fingerprint density at radius 3 is 1.88 bits per heavy atom. The summed E-state index contributed by atoms with van der Waals surface area (Å²) in [6.45, 7) is 0. The van der Waals surface area contributed by atoms with E-state index in [-0.39, 0.29) is 15.9 Å². The number of nitro groups is 1. The number of non-ortho nitro benzene ring substituents is 1. The predicted octanol–water partition coefficient (Wildman–Crippen LogP) is 7.42. The summed E-state index contributed by atoms with van der Waals surface area (Å²) in [5, 5.41) is 12.4. The first-order valence-corrected chi connectivity index (χ1v) is 11.2. The Morgan fingerprint density at radius 2 is 1.28 bits per heavy atom. The number of nitrogens with zero attached hydrogens (tertiary/aromatic N) is 2. The van der Waals surface area contributed by atoms with E-state index in [1.165, 1.54) is 11.1 Å². The monoisotopic (exact) mass is 436 g/mol. The number of aromatic nitrogens is 1. The molecule has 0 aliphatic carbocycles. The molecule has 0 spiro atoms. The summed E-state index contributed by atoms with van der Waals surface area (Å²) in [5.41, 5.74) is 4.55. The Bertz CT molecular complexity index is 1320. The molecule has 1 aromatic heterocycles. The third-order valence-electron chi connectivity index (χ3n) is 5.46. The van der Waals surface area contributed by atoms with E-state index in [0.29, 0.717) is 0 Å². The minimum absolute atomic E-state index is 0.0908. The van der Waals surface area contributed by atoms with E-state index in [1.54, 1.807) is 24.3 Å². The average molecular weight is 437 g/mol. The highest BCUT2D eigenvalue weighted by Gasteiger charge is 2.19. The maximum atomic E-state index is 11.1. The standard InChI is InChI=1S/C27H20N2O2S/c30-29(31)23-17-15-22(16-18-23)28-19-26(24-13-7-8-14-25(24)28)32-27(20-9-3-1-4-10-20)21-11-5-2-6-12-21/h1-19,27H. The van der Waals surface area contributed by atoms with Gasteiger partial charge < -0.3 is 4.57 Å². The molecule has 156 valence electrons. The first-order valence-electron chi connectivity index (χ1n) is 10.3. The zero-order chi connectivity index (χ0) is 21.9. The Morgan fingerprint density at radius 1 is 0.719 bits per heavy atom. The molecule has 1 heterocycles. The van der Waals surface area contributed by atoms with Crippen LogP contribution in [0, 0.1) is 10.1 Å². The molecular formula is C27H20N2O2S. The summed E-state index contributed by atoms with van der Waals surface area (Å²) in [5.74, 6) is 0. The minimum Gasteiger partial charge on any atom is -0.315 e. The van der Waals surface area contributed by atoms with Crippen LogP contribution >= 0.6 is 11.8 Å². The number of benzene rings is 4. The van der Waals surface area contributed by atoms with E-state index in [2.05, 4.69) is 71.4 Å². The molecule has 4 nitrogen and oxygen atoms in total. The molecular weight excluding hydrogens is 416 g/mol. The average Bonchev–Trinajstić information content (AvgIpc) is 3.22. The second-order valence-corrected chi connectivity index (χ2v) is 8.62. The number of rotatable bonds is 6. The van der Waals surface area contributed by atoms with Crippen LogP contribution in [0.3, 0.4) is 0 Å². The summed E-state index contributed by atoms with van der Waals surface area (Å²) >= 11 is 1.82. The smallest absolute Gasteiger partial charge is 0.269 e. The van der Waals surface area contributed by atoms with Gasteiger partial charge in [-0.3, -0.25) is 10.1 Å². The van der Waals surface area contributed by atoms with Crippen molar-refractivity contribution >= 4 is 28.4 Å². The Labute approximate surface area is 190 Å². The van der Waals surface area contributed by atoms with Crippen molar-refractivity contribution in [2.75, 3.05) is 0 Å². The topological polar surface area (TPSA) is 48.1 Å². The zero-order valence-corrected chi connectivity index (χ0v) is 18.0. The first-order chi connectivity index (χ1) is 15.7. The molecule has 0 saturated heterocycles. The van der Waals surface area contributed by atoms with Crippen molar-refractivity contribution in [1.29, 1.82) is 0 Å². The van der Waals surface area contributed by atoms with Gasteiger partial charge in [-0.15, -0.1) is 11.8 Å². The van der Waals surface area contributed by atoms with Crippen molar-refractivity contribution < 1.29 is 4.92 Å². The molecule has 0 saturated carbocycles. The molecule has 0 radical (unpaired) electrons. The molecule has 0 aliphatic rings. The summed E-state index contributed by atoms with van der Waals surface area (Å²) in [6, 6.07) is 36.0. The summed E-state index contributed by atoms with van der Waals surface area (Å²) in [7, 11) is 0. The Balaban J connectivity index is 1.60. The highest BCUT2D eigenvalue weighted by atomic mass is 32.2. The van der Waals surface area contributed by atoms with Gasteiger partial charge in [-0.25, -0.2) is 0 Å². The van der Waals surface area contributed by atoms with Gasteiger partial charge in [0.1, 0.15) is 0 Å². The van der Waals surface area contributed by atoms with E-state index >= 15 is 0 Å². The summed E-state index contributed by atoms with van der Waals surface area (Å²) in [6.07, 6.45) is 2.13. The van der Waals surface area contributed by atoms with Crippen LogP contribution in [0.4, 0.5) is 5.69 Å². The molecule has 32 heavy (non-hydrogen) atoms. The SMILES string of the molecule is O=[N+]([O-])c1ccc(-n2cc(SC(c3ccccc3)c3ccccc3)c3ccccc32)cc1. The molecule has 0 aliphatic heterocycles. The van der Waals surface area contributed by atoms with Crippen molar-refractivity contribution in [3.05, 3.63) is 137 Å². The number of nitro benzene ring substituents is 1. The van der Waals surface area contributed by atoms with Crippen molar-refractivity contribution in [2.24, 2.45) is 0 Å². The molecule has 5 heteroatoms. The fraction of sp³-hybridized carbons (Fsp3) is 0.0370. The maximum Gasteiger partial charge on any atom is 0.269 e. The second kappa shape index (κ2) is 8.73. The Hall–Kier alpha value is -3.83. The van der Waals surface area contributed by atoms with Gasteiger partial charge in [0.25, 0.3) is 5.69 Å². The highest BCUT2D eigenvalue weighted by Crippen LogP contribution is 2.44. The first kappa shape index (κ1) is 20.1. The third-order valence-corrected chi connectivity index (χ3v) is 6.82. The summed E-state index contributed by atoms with van der Waals surface area (Å²) < 4.78 is 2.11. The molecule has 0 fully saturated rings. The minimum atomic E-state index is -0.372.